The smallest absolute Gasteiger partial charge is 0.238 e. The zero-order valence-electron chi connectivity index (χ0n) is 12.5. The number of para-hydroxylation sites is 1. The third-order valence-corrected chi connectivity index (χ3v) is 4.11. The highest BCUT2D eigenvalue weighted by atomic mass is 32.2. The molecule has 4 N–H and O–H groups in total. The summed E-state index contributed by atoms with van der Waals surface area (Å²) in [5.74, 6) is -0.110. The van der Waals surface area contributed by atoms with Gasteiger partial charge in [-0.25, -0.2) is 13.6 Å². The fourth-order valence-electron chi connectivity index (χ4n) is 2.01. The van der Waals surface area contributed by atoms with Crippen molar-refractivity contribution >= 4 is 21.6 Å². The van der Waals surface area contributed by atoms with Crippen LogP contribution >= 0.6 is 0 Å². The van der Waals surface area contributed by atoms with Crippen LogP contribution in [0.5, 0.6) is 0 Å². The van der Waals surface area contributed by atoms with Crippen LogP contribution < -0.4 is 15.8 Å². The summed E-state index contributed by atoms with van der Waals surface area (Å²) in [4.78, 5) is 11.8. The second-order valence-electron chi connectivity index (χ2n) is 5.03. The van der Waals surface area contributed by atoms with Gasteiger partial charge in [0.1, 0.15) is 0 Å². The van der Waals surface area contributed by atoms with Gasteiger partial charge in [-0.15, -0.1) is 0 Å². The van der Waals surface area contributed by atoms with Gasteiger partial charge in [-0.1, -0.05) is 30.3 Å². The van der Waals surface area contributed by atoms with Crippen LogP contribution in [0.2, 0.25) is 0 Å². The van der Waals surface area contributed by atoms with Crippen LogP contribution in [-0.4, -0.2) is 27.4 Å². The van der Waals surface area contributed by atoms with Crippen LogP contribution in [0.25, 0.3) is 0 Å². The van der Waals surface area contributed by atoms with Crippen LogP contribution in [0.4, 0.5) is 5.69 Å². The van der Waals surface area contributed by atoms with Gasteiger partial charge in [0.2, 0.25) is 15.9 Å². The number of sulfonamides is 1. The predicted octanol–water partition coefficient (Wildman–Crippen LogP) is 1.10. The zero-order chi connectivity index (χ0) is 16.7. The maximum absolute atomic E-state index is 11.7. The maximum atomic E-state index is 11.7. The average molecular weight is 333 g/mol. The highest BCUT2D eigenvalue weighted by molar-refractivity contribution is 7.89. The third-order valence-electron chi connectivity index (χ3n) is 3.19. The Labute approximate surface area is 135 Å². The summed E-state index contributed by atoms with van der Waals surface area (Å²) in [6.07, 6.45) is 0.684. The second-order valence-corrected chi connectivity index (χ2v) is 6.59. The fourth-order valence-corrected chi connectivity index (χ4v) is 2.52. The lowest BCUT2D eigenvalue weighted by atomic mass is 10.1. The van der Waals surface area contributed by atoms with Crippen LogP contribution in [0.15, 0.2) is 59.5 Å². The summed E-state index contributed by atoms with van der Waals surface area (Å²) in [5.41, 5.74) is 1.73. The molecule has 0 radical (unpaired) electrons. The number of hydrogen-bond donors (Lipinski definition) is 3. The van der Waals surface area contributed by atoms with E-state index in [0.29, 0.717) is 13.0 Å². The molecular formula is C16H19N3O3S. The summed E-state index contributed by atoms with van der Waals surface area (Å²) in [5, 5.41) is 10.9. The largest absolute Gasteiger partial charge is 0.325 e. The van der Waals surface area contributed by atoms with Gasteiger partial charge >= 0.3 is 0 Å². The van der Waals surface area contributed by atoms with E-state index >= 15 is 0 Å². The van der Waals surface area contributed by atoms with Gasteiger partial charge in [-0.2, -0.15) is 0 Å². The first kappa shape index (κ1) is 17.1. The molecule has 23 heavy (non-hydrogen) atoms. The lowest BCUT2D eigenvalue weighted by Crippen LogP contribution is -2.29. The molecule has 0 aliphatic carbocycles. The van der Waals surface area contributed by atoms with E-state index in [1.807, 2.05) is 30.3 Å². The minimum atomic E-state index is -3.65. The fraction of sp³-hybridized carbons (Fsp3) is 0.188. The molecular weight excluding hydrogens is 314 g/mol. The Balaban J connectivity index is 1.72. The number of carbonyl (C=O) groups excluding carboxylic acids is 1. The predicted molar refractivity (Wildman–Crippen MR) is 89.5 cm³/mol. The molecule has 0 aromatic heterocycles. The molecule has 0 saturated heterocycles. The molecule has 0 atom stereocenters. The van der Waals surface area contributed by atoms with E-state index in [2.05, 4.69) is 10.6 Å². The summed E-state index contributed by atoms with van der Waals surface area (Å²) < 4.78 is 22.3. The van der Waals surface area contributed by atoms with Gasteiger partial charge in [-0.05, 0) is 42.8 Å². The van der Waals surface area contributed by atoms with E-state index in [1.165, 1.54) is 12.1 Å². The van der Waals surface area contributed by atoms with Crippen LogP contribution in [0, 0.1) is 0 Å². The van der Waals surface area contributed by atoms with Crippen LogP contribution in [0.3, 0.4) is 0 Å². The van der Waals surface area contributed by atoms with Crippen molar-refractivity contribution in [3.05, 3.63) is 60.2 Å². The number of amides is 1. The first-order valence-corrected chi connectivity index (χ1v) is 8.67. The van der Waals surface area contributed by atoms with Crippen LogP contribution in [-0.2, 0) is 21.2 Å². The number of hydrogen-bond acceptors (Lipinski definition) is 4. The maximum Gasteiger partial charge on any atom is 0.238 e. The number of primary sulfonamides is 1. The molecule has 0 fully saturated rings. The van der Waals surface area contributed by atoms with Gasteiger partial charge < -0.3 is 10.6 Å². The number of rotatable bonds is 7. The molecule has 2 aromatic carbocycles. The summed E-state index contributed by atoms with van der Waals surface area (Å²) in [6.45, 7) is 0.821. The lowest BCUT2D eigenvalue weighted by molar-refractivity contribution is -0.115. The van der Waals surface area contributed by atoms with E-state index in [9.17, 15) is 13.2 Å². The van der Waals surface area contributed by atoms with E-state index in [0.717, 1.165) is 11.3 Å². The lowest BCUT2D eigenvalue weighted by Gasteiger charge is -2.07. The number of nitrogens with one attached hydrogen (secondary N) is 2. The number of anilines is 1. The number of carbonyl (C=O) groups is 1. The molecule has 0 aliphatic rings. The SMILES string of the molecule is NS(=O)(=O)c1ccc(CCNCC(=O)Nc2ccccc2)cc1. The minimum absolute atomic E-state index is 0.0939. The molecule has 6 nitrogen and oxygen atoms in total. The van der Waals surface area contributed by atoms with E-state index in [4.69, 9.17) is 5.14 Å². The normalized spacial score (nSPS) is 11.2. The molecule has 0 heterocycles. The quantitative estimate of drug-likeness (QED) is 0.661. The van der Waals surface area contributed by atoms with Crippen molar-refractivity contribution in [3.8, 4) is 0 Å². The summed E-state index contributed by atoms with van der Waals surface area (Å²) >= 11 is 0. The Morgan fingerprint density at radius 3 is 2.26 bits per heavy atom. The number of benzene rings is 2. The average Bonchev–Trinajstić information content (AvgIpc) is 2.52. The molecule has 0 spiro atoms. The monoisotopic (exact) mass is 333 g/mol. The highest BCUT2D eigenvalue weighted by Gasteiger charge is 2.06. The molecule has 2 rings (SSSR count). The topological polar surface area (TPSA) is 101 Å². The van der Waals surface area contributed by atoms with Crippen molar-refractivity contribution < 1.29 is 13.2 Å². The Kier molecular flexibility index (Phi) is 5.86. The Hall–Kier alpha value is -2.22. The standard InChI is InChI=1S/C16H19N3O3S/c17-23(21,22)15-8-6-13(7-9-15)10-11-18-12-16(20)19-14-4-2-1-3-5-14/h1-9,18H,10-12H2,(H,19,20)(H2,17,21,22). The number of nitrogens with two attached hydrogens (primary N) is 1. The molecule has 0 saturated carbocycles. The van der Waals surface area contributed by atoms with Crippen molar-refractivity contribution in [2.45, 2.75) is 11.3 Å². The van der Waals surface area contributed by atoms with E-state index < -0.39 is 10.0 Å². The van der Waals surface area contributed by atoms with Crippen molar-refractivity contribution in [1.29, 1.82) is 0 Å². The molecule has 122 valence electrons. The van der Waals surface area contributed by atoms with Gasteiger partial charge in [-0.3, -0.25) is 4.79 Å². The van der Waals surface area contributed by atoms with Gasteiger partial charge in [0.05, 0.1) is 11.4 Å². The first-order valence-electron chi connectivity index (χ1n) is 7.12. The molecule has 0 unspecified atom stereocenters. The Morgan fingerprint density at radius 1 is 1.00 bits per heavy atom. The first-order chi connectivity index (χ1) is 10.9. The molecule has 0 bridgehead atoms. The Morgan fingerprint density at radius 2 is 1.65 bits per heavy atom. The van der Waals surface area contributed by atoms with Gasteiger partial charge in [0.15, 0.2) is 0 Å². The molecule has 0 aliphatic heterocycles. The van der Waals surface area contributed by atoms with Crippen molar-refractivity contribution in [3.63, 3.8) is 0 Å². The minimum Gasteiger partial charge on any atom is -0.325 e. The summed E-state index contributed by atoms with van der Waals surface area (Å²) in [6, 6.07) is 15.6. The van der Waals surface area contributed by atoms with E-state index in [-0.39, 0.29) is 17.3 Å². The summed E-state index contributed by atoms with van der Waals surface area (Å²) in [7, 11) is -3.65. The highest BCUT2D eigenvalue weighted by Crippen LogP contribution is 2.09. The molecule has 1 amide bonds. The van der Waals surface area contributed by atoms with Gasteiger partial charge in [0, 0.05) is 5.69 Å². The third kappa shape index (κ3) is 5.82. The van der Waals surface area contributed by atoms with Crippen molar-refractivity contribution in [2.75, 3.05) is 18.4 Å². The second kappa shape index (κ2) is 7.87. The van der Waals surface area contributed by atoms with Crippen molar-refractivity contribution in [2.24, 2.45) is 5.14 Å². The van der Waals surface area contributed by atoms with E-state index in [1.54, 1.807) is 12.1 Å². The van der Waals surface area contributed by atoms with Crippen molar-refractivity contribution in [1.82, 2.24) is 5.32 Å². The van der Waals surface area contributed by atoms with Gasteiger partial charge in [0.25, 0.3) is 0 Å². The zero-order valence-corrected chi connectivity index (χ0v) is 13.3. The molecule has 7 heteroatoms. The van der Waals surface area contributed by atoms with Crippen LogP contribution in [0.1, 0.15) is 5.56 Å². The Bertz CT molecular complexity index is 744. The molecule has 2 aromatic rings.